The van der Waals surface area contributed by atoms with Gasteiger partial charge in [0.05, 0.1) is 39.3 Å². The van der Waals surface area contributed by atoms with Crippen molar-refractivity contribution >= 4 is 58.3 Å². The number of nitrogens with zero attached hydrogens (tertiary/aromatic N) is 2. The summed E-state index contributed by atoms with van der Waals surface area (Å²) in [5.74, 6) is -1.35. The van der Waals surface area contributed by atoms with E-state index in [4.69, 9.17) is 61.3 Å². The Hall–Kier alpha value is -3.07. The molecule has 40 heavy (non-hydrogen) atoms. The van der Waals surface area contributed by atoms with Crippen molar-refractivity contribution in [3.63, 3.8) is 0 Å². The van der Waals surface area contributed by atoms with E-state index in [1.807, 2.05) is 6.92 Å². The fraction of sp³-hybridized carbons (Fsp3) is 0.207. The average Bonchev–Trinajstić information content (AvgIpc) is 3.21. The van der Waals surface area contributed by atoms with Gasteiger partial charge < -0.3 is 15.2 Å². The molecule has 0 unspecified atom stereocenters. The molecule has 0 bridgehead atoms. The zero-order valence-electron chi connectivity index (χ0n) is 21.8. The Labute approximate surface area is 251 Å². The number of amides is 1. The summed E-state index contributed by atoms with van der Waals surface area (Å²) in [4.78, 5) is 24.0. The molecule has 0 radical (unpaired) electrons. The molecule has 1 heterocycles. The highest BCUT2D eigenvalue weighted by atomic mass is 35.5. The summed E-state index contributed by atoms with van der Waals surface area (Å²) in [6.07, 6.45) is 0. The zero-order chi connectivity index (χ0) is 29.2. The summed E-state index contributed by atoms with van der Waals surface area (Å²) in [5, 5.41) is 18.5. The van der Waals surface area contributed by atoms with Crippen molar-refractivity contribution in [3.05, 3.63) is 103 Å². The number of aromatic carboxylic acids is 1. The van der Waals surface area contributed by atoms with Crippen LogP contribution in [0.25, 0.3) is 16.9 Å². The first-order chi connectivity index (χ1) is 18.9. The van der Waals surface area contributed by atoms with Crippen LogP contribution in [0.4, 0.5) is 0 Å². The van der Waals surface area contributed by atoms with Gasteiger partial charge in [0.25, 0.3) is 5.91 Å². The third-order valence-electron chi connectivity index (χ3n) is 6.32. The van der Waals surface area contributed by atoms with Gasteiger partial charge in [0, 0.05) is 27.7 Å². The second-order valence-electron chi connectivity index (χ2n) is 9.54. The second-order valence-corrected chi connectivity index (χ2v) is 11.2. The Bertz CT molecular complexity index is 1580. The molecule has 4 aromatic rings. The van der Waals surface area contributed by atoms with Crippen molar-refractivity contribution < 1.29 is 19.4 Å². The van der Waals surface area contributed by atoms with E-state index >= 15 is 0 Å². The molecule has 208 valence electrons. The van der Waals surface area contributed by atoms with Crippen molar-refractivity contribution in [2.45, 2.75) is 39.5 Å². The smallest absolute Gasteiger partial charge is 0.335 e. The van der Waals surface area contributed by atoms with E-state index in [-0.39, 0.29) is 24.6 Å². The minimum atomic E-state index is -1.20. The van der Waals surface area contributed by atoms with E-state index in [9.17, 15) is 9.59 Å². The lowest BCUT2D eigenvalue weighted by Crippen LogP contribution is -2.43. The number of carboxylic acid groups (broad SMARTS) is 1. The lowest BCUT2D eigenvalue weighted by Gasteiger charge is -2.24. The molecule has 0 aliphatic carbocycles. The van der Waals surface area contributed by atoms with E-state index < -0.39 is 11.6 Å². The van der Waals surface area contributed by atoms with Crippen LogP contribution in [0.5, 0.6) is 0 Å². The molecule has 1 amide bonds. The van der Waals surface area contributed by atoms with Gasteiger partial charge in [0.2, 0.25) is 0 Å². The number of hydrogen-bond acceptors (Lipinski definition) is 4. The Balaban J connectivity index is 1.58. The summed E-state index contributed by atoms with van der Waals surface area (Å²) in [5.41, 5.74) is 3.07. The molecule has 3 aromatic carbocycles. The monoisotopic (exact) mass is 619 g/mol. The van der Waals surface area contributed by atoms with Crippen LogP contribution in [-0.4, -0.2) is 32.4 Å². The van der Waals surface area contributed by atoms with Crippen LogP contribution in [0.3, 0.4) is 0 Å². The van der Waals surface area contributed by atoms with E-state index in [1.54, 1.807) is 67.1 Å². The molecule has 0 aliphatic heterocycles. The van der Waals surface area contributed by atoms with Gasteiger partial charge in [-0.25, -0.2) is 9.48 Å². The molecule has 11 heteroatoms. The number of aromatic nitrogens is 2. The highest BCUT2D eigenvalue weighted by Gasteiger charge is 2.30. The highest BCUT2D eigenvalue weighted by Crippen LogP contribution is 2.37. The lowest BCUT2D eigenvalue weighted by atomic mass is 10.1. The molecule has 0 atom stereocenters. The number of carbonyl (C=O) groups excluding carboxylic acids is 1. The van der Waals surface area contributed by atoms with Gasteiger partial charge in [-0.1, -0.05) is 58.5 Å². The molecule has 0 fully saturated rings. The molecule has 7 nitrogen and oxygen atoms in total. The van der Waals surface area contributed by atoms with Gasteiger partial charge in [0.1, 0.15) is 5.60 Å². The summed E-state index contributed by atoms with van der Waals surface area (Å²) >= 11 is 25.4. The van der Waals surface area contributed by atoms with Gasteiger partial charge >= 0.3 is 5.97 Å². The summed E-state index contributed by atoms with van der Waals surface area (Å²) < 4.78 is 7.74. The summed E-state index contributed by atoms with van der Waals surface area (Å²) in [6.45, 7) is 5.45. The highest BCUT2D eigenvalue weighted by molar-refractivity contribution is 6.37. The number of hydrogen-bond donors (Lipinski definition) is 2. The third-order valence-corrected chi connectivity index (χ3v) is 7.40. The molecule has 2 N–H and O–H groups in total. The van der Waals surface area contributed by atoms with Gasteiger partial charge in [-0.2, -0.15) is 5.10 Å². The van der Waals surface area contributed by atoms with E-state index in [1.165, 1.54) is 12.1 Å². The number of benzene rings is 3. The SMILES string of the molecule is Cc1c(COC(C)(C)C(=O)NCc2ccc(C(=O)O)cc2)nn(-c2ccc(Cl)cc2Cl)c1-c1ccc(Cl)cc1Cl. The molecule has 0 saturated carbocycles. The second kappa shape index (κ2) is 12.2. The first kappa shape index (κ1) is 29.9. The van der Waals surface area contributed by atoms with Crippen LogP contribution in [0, 0.1) is 6.92 Å². The molecule has 4 rings (SSSR count). The maximum atomic E-state index is 13.0. The lowest BCUT2D eigenvalue weighted by molar-refractivity contribution is -0.144. The number of rotatable bonds is 9. The number of carboxylic acids is 1. The Morgan fingerprint density at radius 2 is 1.57 bits per heavy atom. The molecular formula is C29H25Cl4N3O4. The predicted molar refractivity (Wildman–Crippen MR) is 158 cm³/mol. The zero-order valence-corrected chi connectivity index (χ0v) is 24.8. The standard InChI is InChI=1S/C29H25Cl4N3O4/c1-16-24(15-40-29(2,3)28(39)34-14-17-4-6-18(7-5-17)27(37)38)35-36(25-11-9-20(31)13-23(25)33)26(16)21-10-8-19(30)12-22(21)32/h4-13H,14-15H2,1-3H3,(H,34,39)(H,37,38). The molecule has 0 saturated heterocycles. The van der Waals surface area contributed by atoms with Crippen molar-refractivity contribution in [1.29, 1.82) is 0 Å². The maximum Gasteiger partial charge on any atom is 0.335 e. The molecule has 0 spiro atoms. The molecule has 1 aromatic heterocycles. The number of carbonyl (C=O) groups is 2. The number of nitrogens with one attached hydrogen (secondary N) is 1. The Morgan fingerprint density at radius 3 is 2.17 bits per heavy atom. The van der Waals surface area contributed by atoms with E-state index in [0.717, 1.165) is 11.1 Å². The number of halogens is 4. The third kappa shape index (κ3) is 6.62. The Morgan fingerprint density at radius 1 is 0.950 bits per heavy atom. The van der Waals surface area contributed by atoms with Gasteiger partial charge in [-0.05, 0) is 74.9 Å². The van der Waals surface area contributed by atoms with E-state index in [2.05, 4.69) is 5.32 Å². The fourth-order valence-corrected chi connectivity index (χ4v) is 4.96. The van der Waals surface area contributed by atoms with Crippen LogP contribution in [0.2, 0.25) is 20.1 Å². The van der Waals surface area contributed by atoms with Crippen molar-refractivity contribution in [1.82, 2.24) is 15.1 Å². The van der Waals surface area contributed by atoms with Crippen molar-refractivity contribution in [2.75, 3.05) is 0 Å². The van der Waals surface area contributed by atoms with Crippen LogP contribution in [0.15, 0.2) is 60.7 Å². The normalized spacial score (nSPS) is 11.5. The topological polar surface area (TPSA) is 93.4 Å². The quantitative estimate of drug-likeness (QED) is 0.199. The van der Waals surface area contributed by atoms with Gasteiger partial charge in [-0.3, -0.25) is 4.79 Å². The molecule has 0 aliphatic rings. The fourth-order valence-electron chi connectivity index (χ4n) is 3.98. The van der Waals surface area contributed by atoms with Gasteiger partial charge in [-0.15, -0.1) is 0 Å². The predicted octanol–water partition coefficient (Wildman–Crippen LogP) is 7.77. The average molecular weight is 621 g/mol. The van der Waals surface area contributed by atoms with Gasteiger partial charge in [0.15, 0.2) is 0 Å². The summed E-state index contributed by atoms with van der Waals surface area (Å²) in [6, 6.07) is 16.6. The minimum absolute atomic E-state index is 0.0238. The maximum absolute atomic E-state index is 13.0. The number of ether oxygens (including phenoxy) is 1. The Kier molecular flexibility index (Phi) is 9.12. The largest absolute Gasteiger partial charge is 0.478 e. The first-order valence-electron chi connectivity index (χ1n) is 12.1. The van der Waals surface area contributed by atoms with Crippen molar-refractivity contribution in [3.8, 4) is 16.9 Å². The van der Waals surface area contributed by atoms with Crippen LogP contribution in [0.1, 0.15) is 41.0 Å². The van der Waals surface area contributed by atoms with Crippen LogP contribution < -0.4 is 5.32 Å². The molecular weight excluding hydrogens is 596 g/mol. The summed E-state index contributed by atoms with van der Waals surface area (Å²) in [7, 11) is 0. The van der Waals surface area contributed by atoms with Crippen LogP contribution in [-0.2, 0) is 22.7 Å². The first-order valence-corrected chi connectivity index (χ1v) is 13.6. The van der Waals surface area contributed by atoms with Crippen molar-refractivity contribution in [2.24, 2.45) is 0 Å². The van der Waals surface area contributed by atoms with Crippen LogP contribution >= 0.6 is 46.4 Å². The van der Waals surface area contributed by atoms with E-state index in [0.29, 0.717) is 42.7 Å². The minimum Gasteiger partial charge on any atom is -0.478 e.